The third-order valence-electron chi connectivity index (χ3n) is 11.3. The predicted molar refractivity (Wildman–Crippen MR) is 237 cm³/mol. The van der Waals surface area contributed by atoms with Crippen LogP contribution in [0, 0.1) is 0 Å². The molecule has 58 heavy (non-hydrogen) atoms. The van der Waals surface area contributed by atoms with Gasteiger partial charge in [0.15, 0.2) is 5.84 Å². The Hall–Kier alpha value is -7.83. The lowest BCUT2D eigenvalue weighted by molar-refractivity contribution is 0.662. The number of aromatic nitrogens is 1. The van der Waals surface area contributed by atoms with E-state index >= 15 is 0 Å². The molecule has 0 bridgehead atoms. The molecule has 272 valence electrons. The zero-order valence-corrected chi connectivity index (χ0v) is 31.1. The molecule has 0 amide bonds. The second kappa shape index (κ2) is 12.9. The van der Waals surface area contributed by atoms with Gasteiger partial charge in [-0.25, -0.2) is 9.98 Å². The first-order chi connectivity index (χ1) is 28.7. The van der Waals surface area contributed by atoms with E-state index in [0.717, 1.165) is 104 Å². The van der Waals surface area contributed by atoms with Gasteiger partial charge in [-0.3, -0.25) is 4.98 Å². The van der Waals surface area contributed by atoms with Crippen LogP contribution in [0.15, 0.2) is 201 Å². The number of aliphatic imine (C=N–C) groups is 2. The zero-order valence-electron chi connectivity index (χ0n) is 31.1. The quantitative estimate of drug-likeness (QED) is 0.190. The summed E-state index contributed by atoms with van der Waals surface area (Å²) in [7, 11) is 0. The lowest BCUT2D eigenvalue weighted by Crippen LogP contribution is -2.34. The summed E-state index contributed by atoms with van der Waals surface area (Å²) in [5.41, 5.74) is 9.84. The minimum atomic E-state index is -0.471. The molecule has 6 nitrogen and oxygen atoms in total. The fraction of sp³-hybridized carbons (Fsp3) is 0.0192. The van der Waals surface area contributed by atoms with E-state index < -0.39 is 6.17 Å². The molecule has 0 saturated carbocycles. The summed E-state index contributed by atoms with van der Waals surface area (Å²) in [6.07, 6.45) is 1.48. The number of amidine groups is 2. The fourth-order valence-corrected chi connectivity index (χ4v) is 8.61. The molecule has 0 spiro atoms. The first-order valence-corrected chi connectivity index (χ1v) is 19.5. The molecule has 1 N–H and O–H groups in total. The van der Waals surface area contributed by atoms with E-state index in [9.17, 15) is 0 Å². The molecule has 6 heteroatoms. The molecule has 0 radical (unpaired) electrons. The highest BCUT2D eigenvalue weighted by atomic mass is 16.3. The van der Waals surface area contributed by atoms with Crippen LogP contribution in [0.2, 0.25) is 0 Å². The molecule has 0 aliphatic carbocycles. The summed E-state index contributed by atoms with van der Waals surface area (Å²) >= 11 is 0. The van der Waals surface area contributed by atoms with Crippen LogP contribution in [0.3, 0.4) is 0 Å². The lowest BCUT2D eigenvalue weighted by atomic mass is 9.93. The summed E-state index contributed by atoms with van der Waals surface area (Å²) in [6.45, 7) is 0. The van der Waals surface area contributed by atoms with E-state index in [4.69, 9.17) is 23.8 Å². The van der Waals surface area contributed by atoms with Crippen LogP contribution in [0.25, 0.3) is 87.8 Å². The molecule has 12 rings (SSSR count). The largest absolute Gasteiger partial charge is 0.456 e. The highest BCUT2D eigenvalue weighted by Crippen LogP contribution is 2.44. The Bertz CT molecular complexity index is 3490. The lowest BCUT2D eigenvalue weighted by Gasteiger charge is -2.25. The molecule has 1 atom stereocenters. The molecular formula is C52H32N4O2. The minimum absolute atomic E-state index is 0.471. The van der Waals surface area contributed by atoms with Crippen molar-refractivity contribution in [2.75, 3.05) is 0 Å². The number of fused-ring (bicyclic) bond motifs is 8. The summed E-state index contributed by atoms with van der Waals surface area (Å²) in [4.78, 5) is 16.0. The maximum atomic E-state index is 6.89. The van der Waals surface area contributed by atoms with Crippen LogP contribution in [-0.4, -0.2) is 16.7 Å². The van der Waals surface area contributed by atoms with E-state index in [2.05, 4.69) is 133 Å². The summed E-state index contributed by atoms with van der Waals surface area (Å²) in [5, 5.41) is 12.3. The maximum absolute atomic E-state index is 6.89. The van der Waals surface area contributed by atoms with Gasteiger partial charge in [0.2, 0.25) is 0 Å². The number of hydrogen-bond donors (Lipinski definition) is 1. The fourth-order valence-electron chi connectivity index (χ4n) is 8.61. The van der Waals surface area contributed by atoms with Crippen molar-refractivity contribution in [3.8, 4) is 22.4 Å². The monoisotopic (exact) mass is 744 g/mol. The third kappa shape index (κ3) is 5.16. The molecule has 0 saturated heterocycles. The van der Waals surface area contributed by atoms with Crippen molar-refractivity contribution in [3.05, 3.63) is 199 Å². The Labute approximate surface area is 332 Å². The van der Waals surface area contributed by atoms with Gasteiger partial charge in [-0.2, -0.15) is 0 Å². The molecule has 8 aromatic carbocycles. The van der Waals surface area contributed by atoms with Crippen molar-refractivity contribution in [3.63, 3.8) is 0 Å². The Morgan fingerprint density at radius 3 is 1.88 bits per heavy atom. The maximum Gasteiger partial charge on any atom is 0.159 e. The Morgan fingerprint density at radius 1 is 0.466 bits per heavy atom. The van der Waals surface area contributed by atoms with Crippen molar-refractivity contribution in [2.45, 2.75) is 6.17 Å². The number of rotatable bonds is 5. The summed E-state index contributed by atoms with van der Waals surface area (Å²) in [5.74, 6) is 1.34. The molecule has 11 aromatic rings. The Balaban J connectivity index is 1.13. The van der Waals surface area contributed by atoms with Gasteiger partial charge in [0.05, 0.1) is 11.1 Å². The van der Waals surface area contributed by atoms with Gasteiger partial charge in [-0.05, 0) is 63.5 Å². The van der Waals surface area contributed by atoms with E-state index in [-0.39, 0.29) is 0 Å². The van der Waals surface area contributed by atoms with Crippen LogP contribution >= 0.6 is 0 Å². The van der Waals surface area contributed by atoms with Gasteiger partial charge in [-0.15, -0.1) is 0 Å². The van der Waals surface area contributed by atoms with E-state index in [0.29, 0.717) is 11.7 Å². The molecule has 4 heterocycles. The smallest absolute Gasteiger partial charge is 0.159 e. The summed E-state index contributed by atoms with van der Waals surface area (Å²) in [6, 6.07) is 60.6. The number of nitrogens with one attached hydrogen (secondary N) is 1. The van der Waals surface area contributed by atoms with Gasteiger partial charge in [0.1, 0.15) is 34.3 Å². The van der Waals surface area contributed by atoms with Crippen LogP contribution in [0.1, 0.15) is 22.9 Å². The summed E-state index contributed by atoms with van der Waals surface area (Å²) < 4.78 is 13.2. The molecule has 1 aliphatic rings. The minimum Gasteiger partial charge on any atom is -0.456 e. The molecule has 1 unspecified atom stereocenters. The average Bonchev–Trinajstić information content (AvgIpc) is 3.86. The highest BCUT2D eigenvalue weighted by molar-refractivity contribution is 6.22. The topological polar surface area (TPSA) is 75.9 Å². The number of para-hydroxylation sites is 1. The second-order valence-corrected chi connectivity index (χ2v) is 14.8. The van der Waals surface area contributed by atoms with Gasteiger partial charge >= 0.3 is 0 Å². The van der Waals surface area contributed by atoms with Crippen molar-refractivity contribution in [1.29, 1.82) is 0 Å². The van der Waals surface area contributed by atoms with Crippen molar-refractivity contribution in [2.24, 2.45) is 9.98 Å². The third-order valence-corrected chi connectivity index (χ3v) is 11.3. The number of furan rings is 2. The molecular weight excluding hydrogens is 713 g/mol. The average molecular weight is 745 g/mol. The predicted octanol–water partition coefficient (Wildman–Crippen LogP) is 13.0. The standard InChI is InChI=1S/C52H32N4O2/c1-3-14-31(15-4-1)42-30-53-48(47-41-28-35-20-9-10-21-36(35)29-45(41)58-49(42)47)39-26-33-18-7-8-19-34(33)27-40(39)52-55-50(32-16-5-2-6-17-32)54-51(56-52)38-23-13-25-44-46(38)37-22-11-12-24-43(37)57-44/h1-30,51H,(H,54,55,56). The van der Waals surface area contributed by atoms with Crippen molar-refractivity contribution >= 4 is 77.1 Å². The SMILES string of the molecule is c1ccc(C2=NC(c3cccc4oc5ccccc5c34)NC(c3cc4ccccc4cc3-c3ncc(-c4ccccc4)c4oc5cc6ccccc6cc5c34)=N2)cc1. The van der Waals surface area contributed by atoms with Crippen molar-refractivity contribution in [1.82, 2.24) is 10.3 Å². The van der Waals surface area contributed by atoms with Gasteiger partial charge in [-0.1, -0.05) is 140 Å². The van der Waals surface area contributed by atoms with Crippen molar-refractivity contribution < 1.29 is 8.83 Å². The number of hydrogen-bond acceptors (Lipinski definition) is 6. The first-order valence-electron chi connectivity index (χ1n) is 19.5. The number of nitrogens with zero attached hydrogens (tertiary/aromatic N) is 3. The number of benzene rings is 8. The zero-order chi connectivity index (χ0) is 38.2. The first kappa shape index (κ1) is 32.4. The van der Waals surface area contributed by atoms with E-state index in [1.165, 1.54) is 0 Å². The Kier molecular flexibility index (Phi) is 7.19. The van der Waals surface area contributed by atoms with E-state index in [1.54, 1.807) is 0 Å². The molecule has 1 aliphatic heterocycles. The van der Waals surface area contributed by atoms with Gasteiger partial charge < -0.3 is 14.2 Å². The van der Waals surface area contributed by atoms with E-state index in [1.807, 2.05) is 54.7 Å². The van der Waals surface area contributed by atoms with Crippen LogP contribution in [0.5, 0.6) is 0 Å². The highest BCUT2D eigenvalue weighted by Gasteiger charge is 2.28. The second-order valence-electron chi connectivity index (χ2n) is 14.8. The van der Waals surface area contributed by atoms with Gasteiger partial charge in [0.25, 0.3) is 0 Å². The normalized spacial score (nSPS) is 14.4. The molecule has 3 aromatic heterocycles. The molecule has 0 fully saturated rings. The van der Waals surface area contributed by atoms with Crippen LogP contribution in [-0.2, 0) is 0 Å². The van der Waals surface area contributed by atoms with Crippen LogP contribution < -0.4 is 5.32 Å². The number of pyridine rings is 1. The Morgan fingerprint density at radius 2 is 1.10 bits per heavy atom. The van der Waals surface area contributed by atoms with Gasteiger partial charge in [0, 0.05) is 50.2 Å². The van der Waals surface area contributed by atoms with Crippen LogP contribution in [0.4, 0.5) is 0 Å².